The molecule has 0 fully saturated rings. The van der Waals surface area contributed by atoms with E-state index < -0.39 is 5.91 Å². The summed E-state index contributed by atoms with van der Waals surface area (Å²) in [5, 5.41) is 9.14. The molecular formula is C23H25NO4S. The van der Waals surface area contributed by atoms with E-state index in [-0.39, 0.29) is 0 Å². The quantitative estimate of drug-likeness (QED) is 0.477. The molecule has 1 amide bonds. The van der Waals surface area contributed by atoms with Crippen LogP contribution in [0.1, 0.15) is 24.8 Å². The number of allylic oxidation sites excluding steroid dienone is 2. The first-order chi connectivity index (χ1) is 14.2. The van der Waals surface area contributed by atoms with Gasteiger partial charge in [-0.25, -0.2) is 5.48 Å². The molecule has 3 rings (SSSR count). The zero-order valence-electron chi connectivity index (χ0n) is 16.6. The number of thioether (sulfide) groups is 1. The number of hydrogen-bond donors (Lipinski definition) is 2. The van der Waals surface area contributed by atoms with Crippen molar-refractivity contribution in [1.82, 2.24) is 5.48 Å². The van der Waals surface area contributed by atoms with Crippen molar-refractivity contribution in [2.45, 2.75) is 30.6 Å². The zero-order valence-corrected chi connectivity index (χ0v) is 17.4. The number of nitrogens with one attached hydrogen (secondary N) is 1. The Balaban J connectivity index is 1.83. The van der Waals surface area contributed by atoms with Gasteiger partial charge in [0.2, 0.25) is 0 Å². The maximum absolute atomic E-state index is 12.2. The van der Waals surface area contributed by atoms with E-state index in [2.05, 4.69) is 18.2 Å². The summed E-state index contributed by atoms with van der Waals surface area (Å²) in [4.78, 5) is 14.0. The summed E-state index contributed by atoms with van der Waals surface area (Å²) in [7, 11) is 3.20. The van der Waals surface area contributed by atoms with Gasteiger partial charge in [-0.15, -0.1) is 0 Å². The third-order valence-electron chi connectivity index (χ3n) is 4.83. The van der Waals surface area contributed by atoms with Crippen LogP contribution in [0.25, 0.3) is 0 Å². The van der Waals surface area contributed by atoms with Crippen molar-refractivity contribution in [1.29, 1.82) is 0 Å². The van der Waals surface area contributed by atoms with Crippen LogP contribution in [0, 0.1) is 0 Å². The average molecular weight is 412 g/mol. The molecule has 29 heavy (non-hydrogen) atoms. The molecule has 0 aliphatic heterocycles. The number of carbonyl (C=O) groups is 1. The van der Waals surface area contributed by atoms with Crippen LogP contribution in [0.3, 0.4) is 0 Å². The highest BCUT2D eigenvalue weighted by Crippen LogP contribution is 2.44. The number of hydrogen-bond acceptors (Lipinski definition) is 5. The predicted molar refractivity (Wildman–Crippen MR) is 114 cm³/mol. The summed E-state index contributed by atoms with van der Waals surface area (Å²) in [5.74, 6) is 0.850. The van der Waals surface area contributed by atoms with E-state index in [0.29, 0.717) is 23.5 Å². The van der Waals surface area contributed by atoms with Crippen molar-refractivity contribution in [3.63, 3.8) is 0 Å². The summed E-state index contributed by atoms with van der Waals surface area (Å²) in [5.41, 5.74) is 4.82. The van der Waals surface area contributed by atoms with Crippen molar-refractivity contribution in [2.75, 3.05) is 14.2 Å². The monoisotopic (exact) mass is 411 g/mol. The van der Waals surface area contributed by atoms with E-state index in [4.69, 9.17) is 14.7 Å². The number of carbonyl (C=O) groups excluding carboxylic acids is 1. The molecule has 0 atom stereocenters. The third kappa shape index (κ3) is 5.22. The van der Waals surface area contributed by atoms with Gasteiger partial charge in [0.05, 0.1) is 14.2 Å². The first kappa shape index (κ1) is 21.0. The lowest BCUT2D eigenvalue weighted by molar-refractivity contribution is -0.125. The summed E-state index contributed by atoms with van der Waals surface area (Å²) in [6, 6.07) is 16.0. The van der Waals surface area contributed by atoms with Crippen molar-refractivity contribution < 1.29 is 19.5 Å². The second-order valence-corrected chi connectivity index (χ2v) is 7.70. The van der Waals surface area contributed by atoms with Crippen LogP contribution in [0.2, 0.25) is 0 Å². The topological polar surface area (TPSA) is 67.8 Å². The molecule has 0 radical (unpaired) electrons. The molecule has 6 heteroatoms. The highest BCUT2D eigenvalue weighted by atomic mass is 32.2. The van der Waals surface area contributed by atoms with Gasteiger partial charge in [-0.1, -0.05) is 48.2 Å². The molecule has 1 aliphatic carbocycles. The summed E-state index contributed by atoms with van der Waals surface area (Å²) >= 11 is 1.51. The van der Waals surface area contributed by atoms with Crippen LogP contribution in [-0.2, 0) is 11.2 Å². The summed E-state index contributed by atoms with van der Waals surface area (Å²) < 4.78 is 10.7. The highest BCUT2D eigenvalue weighted by molar-refractivity contribution is 8.03. The normalized spacial score (nSPS) is 14.9. The van der Waals surface area contributed by atoms with E-state index in [1.165, 1.54) is 17.3 Å². The third-order valence-corrected chi connectivity index (χ3v) is 6.03. The lowest BCUT2D eigenvalue weighted by atomic mass is 10.1. The van der Waals surface area contributed by atoms with Crippen LogP contribution in [-0.4, -0.2) is 25.3 Å². The summed E-state index contributed by atoms with van der Waals surface area (Å²) in [6.07, 6.45) is 5.43. The molecule has 0 saturated carbocycles. The number of aryl methyl sites for hydroxylation is 1. The molecule has 2 aromatic rings. The second-order valence-electron chi connectivity index (χ2n) is 6.62. The molecule has 0 heterocycles. The maximum atomic E-state index is 12.2. The number of amides is 1. The number of benzene rings is 2. The Hall–Kier alpha value is -2.70. The van der Waals surface area contributed by atoms with Gasteiger partial charge in [-0.05, 0) is 55.0 Å². The van der Waals surface area contributed by atoms with Crippen molar-refractivity contribution in [3.8, 4) is 11.5 Å². The van der Waals surface area contributed by atoms with E-state index in [1.54, 1.807) is 19.7 Å². The van der Waals surface area contributed by atoms with Gasteiger partial charge in [-0.2, -0.15) is 0 Å². The molecule has 2 aromatic carbocycles. The van der Waals surface area contributed by atoms with E-state index >= 15 is 0 Å². The number of rotatable bonds is 8. The summed E-state index contributed by atoms with van der Waals surface area (Å²) in [6.45, 7) is 0. The maximum Gasteiger partial charge on any atom is 0.271 e. The van der Waals surface area contributed by atoms with E-state index in [9.17, 15) is 4.79 Å². The minimum atomic E-state index is -0.445. The molecule has 0 bridgehead atoms. The minimum absolute atomic E-state index is 0.445. The molecule has 5 nitrogen and oxygen atoms in total. The van der Waals surface area contributed by atoms with Crippen LogP contribution < -0.4 is 15.0 Å². The predicted octanol–water partition coefficient (Wildman–Crippen LogP) is 4.91. The van der Waals surface area contributed by atoms with Crippen LogP contribution in [0.5, 0.6) is 11.5 Å². The molecule has 0 aromatic heterocycles. The first-order valence-electron chi connectivity index (χ1n) is 9.47. The second kappa shape index (κ2) is 10.2. The molecule has 2 N–H and O–H groups in total. The lowest BCUT2D eigenvalue weighted by Crippen LogP contribution is -2.20. The fourth-order valence-electron chi connectivity index (χ4n) is 3.34. The molecule has 0 spiro atoms. The van der Waals surface area contributed by atoms with Gasteiger partial charge < -0.3 is 9.47 Å². The van der Waals surface area contributed by atoms with Crippen molar-refractivity contribution in [2.24, 2.45) is 0 Å². The lowest BCUT2D eigenvalue weighted by Gasteiger charge is -2.12. The highest BCUT2D eigenvalue weighted by Gasteiger charge is 2.25. The largest absolute Gasteiger partial charge is 0.493 e. The fourth-order valence-corrected chi connectivity index (χ4v) is 4.51. The van der Waals surface area contributed by atoms with Crippen molar-refractivity contribution in [3.05, 3.63) is 76.2 Å². The molecule has 1 aliphatic rings. The standard InChI is InChI=1S/C23H25NO4S/c1-27-20-14-12-18(15-21(20)28-2)29-22-17(11-13-19(22)23(25)24-26)10-6-9-16-7-4-3-5-8-16/h3-5,7-8,10,12,14-15,26H,6,9,11,13H2,1-2H3,(H,24,25). The first-order valence-corrected chi connectivity index (χ1v) is 10.3. The van der Waals surface area contributed by atoms with Gasteiger partial charge in [-0.3, -0.25) is 10.0 Å². The molecule has 0 unspecified atom stereocenters. The average Bonchev–Trinajstić information content (AvgIpc) is 3.16. The Morgan fingerprint density at radius 3 is 2.55 bits per heavy atom. The van der Waals surface area contributed by atoms with Gasteiger partial charge >= 0.3 is 0 Å². The Morgan fingerprint density at radius 2 is 1.86 bits per heavy atom. The Labute approximate surface area is 175 Å². The Kier molecular flexibility index (Phi) is 7.38. The number of hydroxylamine groups is 1. The minimum Gasteiger partial charge on any atom is -0.493 e. The molecular weight excluding hydrogens is 386 g/mol. The number of ether oxygens (including phenoxy) is 2. The van der Waals surface area contributed by atoms with E-state index in [1.807, 2.05) is 36.4 Å². The Bertz CT molecular complexity index is 922. The van der Waals surface area contributed by atoms with Gasteiger partial charge in [0, 0.05) is 15.4 Å². The van der Waals surface area contributed by atoms with E-state index in [0.717, 1.165) is 34.6 Å². The number of methoxy groups -OCH3 is 2. The van der Waals surface area contributed by atoms with Gasteiger partial charge in [0.1, 0.15) is 0 Å². The van der Waals surface area contributed by atoms with Gasteiger partial charge in [0.15, 0.2) is 11.5 Å². The fraction of sp³-hybridized carbons (Fsp3) is 0.261. The zero-order chi connectivity index (χ0) is 20.6. The molecule has 152 valence electrons. The SMILES string of the molecule is COc1ccc(SC2=C(C(=O)NO)CCC2=CCCc2ccccc2)cc1OC. The van der Waals surface area contributed by atoms with Gasteiger partial charge in [0.25, 0.3) is 5.91 Å². The molecule has 0 saturated heterocycles. The van der Waals surface area contributed by atoms with Crippen LogP contribution >= 0.6 is 11.8 Å². The smallest absolute Gasteiger partial charge is 0.271 e. The Morgan fingerprint density at radius 1 is 1.10 bits per heavy atom. The van der Waals surface area contributed by atoms with Crippen LogP contribution in [0.4, 0.5) is 0 Å². The van der Waals surface area contributed by atoms with Crippen LogP contribution in [0.15, 0.2) is 75.6 Å². The van der Waals surface area contributed by atoms with Crippen molar-refractivity contribution >= 4 is 17.7 Å².